The van der Waals surface area contributed by atoms with E-state index >= 15 is 0 Å². The Morgan fingerprint density at radius 2 is 1.83 bits per heavy atom. The Balaban J connectivity index is 1.52. The number of nitrogens with one attached hydrogen (secondary N) is 1. The summed E-state index contributed by atoms with van der Waals surface area (Å²) in [5, 5.41) is 2.81. The molecule has 1 atom stereocenters. The van der Waals surface area contributed by atoms with Gasteiger partial charge in [0.25, 0.3) is 5.91 Å². The predicted octanol–water partition coefficient (Wildman–Crippen LogP) is 4.07. The quantitative estimate of drug-likeness (QED) is 0.726. The van der Waals surface area contributed by atoms with Crippen molar-refractivity contribution >= 4 is 5.91 Å². The van der Waals surface area contributed by atoms with Crippen LogP contribution in [0, 0.1) is 0 Å². The third kappa shape index (κ3) is 6.62. The number of halogens is 3. The minimum Gasteiger partial charge on any atom is -0.490 e. The fourth-order valence-electron chi connectivity index (χ4n) is 2.92. The highest BCUT2D eigenvalue weighted by Gasteiger charge is 2.28. The monoisotopic (exact) mass is 424 g/mol. The molecule has 1 saturated heterocycles. The number of rotatable bonds is 7. The van der Waals surface area contributed by atoms with Gasteiger partial charge in [-0.25, -0.2) is 0 Å². The van der Waals surface area contributed by atoms with Crippen molar-refractivity contribution < 1.29 is 32.2 Å². The first kappa shape index (κ1) is 21.9. The zero-order chi connectivity index (χ0) is 21.6. The zero-order valence-electron chi connectivity index (χ0n) is 16.4. The van der Waals surface area contributed by atoms with Gasteiger partial charge in [0.1, 0.15) is 17.6 Å². The molecule has 1 amide bonds. The molecule has 0 bridgehead atoms. The van der Waals surface area contributed by atoms with Crippen molar-refractivity contribution in [2.75, 3.05) is 19.8 Å². The molecule has 1 aromatic heterocycles. The summed E-state index contributed by atoms with van der Waals surface area (Å²) in [4.78, 5) is 16.5. The first-order valence-corrected chi connectivity index (χ1v) is 9.61. The summed E-state index contributed by atoms with van der Waals surface area (Å²) in [6, 6.07) is 9.32. The summed E-state index contributed by atoms with van der Waals surface area (Å²) in [7, 11) is 0. The lowest BCUT2D eigenvalue weighted by Crippen LogP contribution is -2.27. The molecule has 1 aliphatic rings. The molecule has 1 aromatic carbocycles. The summed E-state index contributed by atoms with van der Waals surface area (Å²) in [6.45, 7) is 1.73. The molecule has 2 aromatic rings. The molecule has 0 spiro atoms. The number of ether oxygens (including phenoxy) is 3. The third-order valence-corrected chi connectivity index (χ3v) is 4.54. The van der Waals surface area contributed by atoms with E-state index < -0.39 is 18.8 Å². The molecule has 9 heteroatoms. The van der Waals surface area contributed by atoms with E-state index in [-0.39, 0.29) is 17.8 Å². The molecule has 1 aliphatic heterocycles. The molecule has 6 nitrogen and oxygen atoms in total. The van der Waals surface area contributed by atoms with E-state index in [0.29, 0.717) is 30.2 Å². The van der Waals surface area contributed by atoms with Crippen LogP contribution in [0.1, 0.15) is 41.9 Å². The van der Waals surface area contributed by atoms with Gasteiger partial charge in [-0.05, 0) is 43.3 Å². The van der Waals surface area contributed by atoms with E-state index in [0.717, 1.165) is 12.8 Å². The number of aromatic nitrogens is 1. The Kier molecular flexibility index (Phi) is 7.15. The lowest BCUT2D eigenvalue weighted by molar-refractivity contribution is -0.153. The van der Waals surface area contributed by atoms with Gasteiger partial charge in [-0.15, -0.1) is 0 Å². The van der Waals surface area contributed by atoms with Gasteiger partial charge < -0.3 is 19.5 Å². The molecule has 0 radical (unpaired) electrons. The Labute approximate surface area is 172 Å². The van der Waals surface area contributed by atoms with E-state index in [1.54, 1.807) is 31.2 Å². The Morgan fingerprint density at radius 1 is 1.17 bits per heavy atom. The van der Waals surface area contributed by atoms with E-state index in [2.05, 4.69) is 15.0 Å². The molecule has 162 valence electrons. The number of alkyl halides is 3. The van der Waals surface area contributed by atoms with Crippen molar-refractivity contribution in [2.24, 2.45) is 0 Å². The second kappa shape index (κ2) is 9.80. The SMILES string of the molecule is C[C@@H](NC(=O)c1ccc(OC2CCOCC2)cc1)c1ccc(OCC(F)(F)F)cn1. The maximum atomic E-state index is 12.5. The first-order valence-electron chi connectivity index (χ1n) is 9.61. The van der Waals surface area contributed by atoms with Crippen LogP contribution in [0.2, 0.25) is 0 Å². The molecule has 0 unspecified atom stereocenters. The van der Waals surface area contributed by atoms with Crippen LogP contribution in [0.5, 0.6) is 11.5 Å². The second-order valence-electron chi connectivity index (χ2n) is 6.97. The second-order valence-corrected chi connectivity index (χ2v) is 6.97. The highest BCUT2D eigenvalue weighted by Crippen LogP contribution is 2.21. The summed E-state index contributed by atoms with van der Waals surface area (Å²) >= 11 is 0. The highest BCUT2D eigenvalue weighted by atomic mass is 19.4. The standard InChI is InChI=1S/C21H23F3N2O4/c1-14(19-7-6-18(12-25-19)29-13-21(22,23)24)26-20(27)15-2-4-16(5-3-15)30-17-8-10-28-11-9-17/h2-7,12,14,17H,8-11,13H2,1H3,(H,26,27)/t14-/m1/s1. The molecule has 0 aliphatic carbocycles. The molecule has 3 rings (SSSR count). The van der Waals surface area contributed by atoms with Crippen LogP contribution >= 0.6 is 0 Å². The van der Waals surface area contributed by atoms with Gasteiger partial charge >= 0.3 is 6.18 Å². The Bertz CT molecular complexity index is 820. The summed E-state index contributed by atoms with van der Waals surface area (Å²) in [6.07, 6.45) is -1.41. The first-order chi connectivity index (χ1) is 14.3. The molecule has 30 heavy (non-hydrogen) atoms. The summed E-state index contributed by atoms with van der Waals surface area (Å²) in [5.41, 5.74) is 0.966. The van der Waals surface area contributed by atoms with Gasteiger partial charge in [0, 0.05) is 18.4 Å². The lowest BCUT2D eigenvalue weighted by Gasteiger charge is -2.23. The molecular formula is C21H23F3N2O4. The van der Waals surface area contributed by atoms with Crippen molar-refractivity contribution in [3.63, 3.8) is 0 Å². The van der Waals surface area contributed by atoms with Gasteiger partial charge in [-0.2, -0.15) is 13.2 Å². The van der Waals surface area contributed by atoms with E-state index in [9.17, 15) is 18.0 Å². The van der Waals surface area contributed by atoms with Gasteiger partial charge in [-0.1, -0.05) is 0 Å². The van der Waals surface area contributed by atoms with Gasteiger partial charge in [-0.3, -0.25) is 9.78 Å². The maximum absolute atomic E-state index is 12.5. The fraction of sp³-hybridized carbons (Fsp3) is 0.429. The van der Waals surface area contributed by atoms with E-state index in [1.165, 1.54) is 18.3 Å². The van der Waals surface area contributed by atoms with Gasteiger partial charge in [0.05, 0.1) is 31.1 Å². The topological polar surface area (TPSA) is 69.7 Å². The van der Waals surface area contributed by atoms with Crippen LogP contribution in [0.25, 0.3) is 0 Å². The molecular weight excluding hydrogens is 401 g/mol. The number of carbonyl (C=O) groups excluding carboxylic acids is 1. The number of hydrogen-bond donors (Lipinski definition) is 1. The van der Waals surface area contributed by atoms with E-state index in [1.807, 2.05) is 0 Å². The van der Waals surface area contributed by atoms with Gasteiger partial charge in [0.15, 0.2) is 6.61 Å². The molecule has 0 saturated carbocycles. The van der Waals surface area contributed by atoms with Crippen molar-refractivity contribution in [2.45, 2.75) is 38.1 Å². The minimum atomic E-state index is -4.41. The van der Waals surface area contributed by atoms with Crippen LogP contribution in [0.15, 0.2) is 42.6 Å². The van der Waals surface area contributed by atoms with Gasteiger partial charge in [0.2, 0.25) is 0 Å². The Morgan fingerprint density at radius 3 is 2.43 bits per heavy atom. The van der Waals surface area contributed by atoms with Crippen molar-refractivity contribution in [3.8, 4) is 11.5 Å². The molecule has 1 fully saturated rings. The maximum Gasteiger partial charge on any atom is 0.422 e. The van der Waals surface area contributed by atoms with Crippen LogP contribution in [0.4, 0.5) is 13.2 Å². The lowest BCUT2D eigenvalue weighted by atomic mass is 10.1. The number of carbonyl (C=O) groups is 1. The number of benzene rings is 1. The van der Waals surface area contributed by atoms with Crippen molar-refractivity contribution in [1.82, 2.24) is 10.3 Å². The third-order valence-electron chi connectivity index (χ3n) is 4.54. The zero-order valence-corrected chi connectivity index (χ0v) is 16.4. The van der Waals surface area contributed by atoms with Crippen LogP contribution in [0.3, 0.4) is 0 Å². The molecule has 1 N–H and O–H groups in total. The van der Waals surface area contributed by atoms with Crippen molar-refractivity contribution in [1.29, 1.82) is 0 Å². The minimum absolute atomic E-state index is 0.00900. The normalized spacial score (nSPS) is 16.0. The largest absolute Gasteiger partial charge is 0.490 e. The smallest absolute Gasteiger partial charge is 0.422 e. The summed E-state index contributed by atoms with van der Waals surface area (Å²) in [5.74, 6) is 0.414. The number of hydrogen-bond acceptors (Lipinski definition) is 5. The summed E-state index contributed by atoms with van der Waals surface area (Å²) < 4.78 is 52.4. The van der Waals surface area contributed by atoms with Crippen LogP contribution in [-0.2, 0) is 4.74 Å². The van der Waals surface area contributed by atoms with Crippen molar-refractivity contribution in [3.05, 3.63) is 53.9 Å². The van der Waals surface area contributed by atoms with Crippen LogP contribution in [-0.4, -0.2) is 43.0 Å². The van der Waals surface area contributed by atoms with E-state index in [4.69, 9.17) is 9.47 Å². The fourth-order valence-corrected chi connectivity index (χ4v) is 2.92. The number of pyridine rings is 1. The predicted molar refractivity (Wildman–Crippen MR) is 103 cm³/mol. The van der Waals surface area contributed by atoms with Crippen LogP contribution < -0.4 is 14.8 Å². The average Bonchev–Trinajstić information content (AvgIpc) is 2.73. The molecule has 2 heterocycles. The highest BCUT2D eigenvalue weighted by molar-refractivity contribution is 5.94. The number of amides is 1. The number of nitrogens with zero attached hydrogens (tertiary/aromatic N) is 1. The Hall–Kier alpha value is -2.81. The average molecular weight is 424 g/mol.